The first-order valence-corrected chi connectivity index (χ1v) is 6.19. The summed E-state index contributed by atoms with van der Waals surface area (Å²) in [6.07, 6.45) is 3.02. The normalized spacial score (nSPS) is 40.0. The largest absolute Gasteiger partial charge is 0.480 e. The molecule has 0 amide bonds. The van der Waals surface area contributed by atoms with Gasteiger partial charge in [-0.05, 0) is 31.1 Å². The summed E-state index contributed by atoms with van der Waals surface area (Å²) in [7, 11) is 0. The summed E-state index contributed by atoms with van der Waals surface area (Å²) in [5.74, 6) is 0.721. The molecule has 1 unspecified atom stereocenters. The van der Waals surface area contributed by atoms with Crippen LogP contribution in [0.15, 0.2) is 0 Å². The monoisotopic (exact) mass is 226 g/mol. The third-order valence-corrected chi connectivity index (χ3v) is 4.37. The van der Waals surface area contributed by atoms with Crippen molar-refractivity contribution in [2.24, 2.45) is 17.6 Å². The van der Waals surface area contributed by atoms with Gasteiger partial charge in [-0.3, -0.25) is 9.69 Å². The van der Waals surface area contributed by atoms with Crippen LogP contribution in [0.4, 0.5) is 0 Å². The number of carboxylic acid groups (broad SMARTS) is 1. The van der Waals surface area contributed by atoms with E-state index in [9.17, 15) is 4.79 Å². The molecule has 0 spiro atoms. The summed E-state index contributed by atoms with van der Waals surface area (Å²) in [6.45, 7) is 5.89. The van der Waals surface area contributed by atoms with E-state index in [4.69, 9.17) is 10.8 Å². The van der Waals surface area contributed by atoms with Gasteiger partial charge in [0.15, 0.2) is 0 Å². The summed E-state index contributed by atoms with van der Waals surface area (Å²) in [6, 6.07) is 0.581. The lowest BCUT2D eigenvalue weighted by Crippen LogP contribution is -2.53. The predicted octanol–water partition coefficient (Wildman–Crippen LogP) is 0.909. The average molecular weight is 226 g/mol. The Kier molecular flexibility index (Phi) is 2.97. The maximum Gasteiger partial charge on any atom is 0.325 e. The Labute approximate surface area is 96.8 Å². The highest BCUT2D eigenvalue weighted by Gasteiger charge is 2.46. The van der Waals surface area contributed by atoms with Crippen LogP contribution in [-0.2, 0) is 4.79 Å². The van der Waals surface area contributed by atoms with Gasteiger partial charge in [0.1, 0.15) is 5.54 Å². The van der Waals surface area contributed by atoms with Crippen molar-refractivity contribution in [3.8, 4) is 0 Å². The molecule has 4 nitrogen and oxygen atoms in total. The van der Waals surface area contributed by atoms with Gasteiger partial charge >= 0.3 is 5.97 Å². The van der Waals surface area contributed by atoms with Gasteiger partial charge in [-0.1, -0.05) is 13.8 Å². The number of nitrogens with two attached hydrogens (primary N) is 1. The first kappa shape index (κ1) is 11.9. The minimum absolute atomic E-state index is 0.526. The van der Waals surface area contributed by atoms with Crippen molar-refractivity contribution in [1.82, 2.24) is 4.90 Å². The second-order valence-electron chi connectivity index (χ2n) is 5.81. The highest BCUT2D eigenvalue weighted by atomic mass is 16.4. The molecule has 1 saturated heterocycles. The van der Waals surface area contributed by atoms with Gasteiger partial charge in [0, 0.05) is 19.1 Å². The van der Waals surface area contributed by atoms with Crippen LogP contribution in [0.2, 0.25) is 0 Å². The molecular formula is C12H22N2O2. The molecular weight excluding hydrogens is 204 g/mol. The van der Waals surface area contributed by atoms with Crippen molar-refractivity contribution < 1.29 is 9.90 Å². The van der Waals surface area contributed by atoms with Crippen molar-refractivity contribution in [2.75, 3.05) is 13.1 Å². The average Bonchev–Trinajstić information content (AvgIpc) is 2.46. The molecule has 1 atom stereocenters. The molecule has 0 aromatic carbocycles. The smallest absolute Gasteiger partial charge is 0.325 e. The summed E-state index contributed by atoms with van der Waals surface area (Å²) >= 11 is 0. The van der Waals surface area contributed by atoms with Crippen LogP contribution in [0.1, 0.15) is 33.1 Å². The molecule has 2 aliphatic rings. The van der Waals surface area contributed by atoms with Crippen LogP contribution >= 0.6 is 0 Å². The highest BCUT2D eigenvalue weighted by Crippen LogP contribution is 2.39. The second kappa shape index (κ2) is 4.00. The van der Waals surface area contributed by atoms with Crippen molar-refractivity contribution in [2.45, 2.75) is 44.7 Å². The number of hydrogen-bond acceptors (Lipinski definition) is 3. The van der Waals surface area contributed by atoms with Gasteiger partial charge in [0.2, 0.25) is 0 Å². The molecule has 16 heavy (non-hydrogen) atoms. The Morgan fingerprint density at radius 1 is 1.50 bits per heavy atom. The van der Waals surface area contributed by atoms with Crippen LogP contribution in [0.5, 0.6) is 0 Å². The molecule has 2 rings (SSSR count). The Balaban J connectivity index is 1.85. The van der Waals surface area contributed by atoms with Crippen LogP contribution in [0, 0.1) is 11.8 Å². The standard InChI is InChI=1S/C12H22N2O2/c1-8(2)9-5-10(6-9)14-4-3-12(13,7-14)11(15)16/h8-10H,3-7,13H2,1-2H3,(H,15,16). The lowest BCUT2D eigenvalue weighted by atomic mass is 9.73. The molecule has 1 saturated carbocycles. The summed E-state index contributed by atoms with van der Waals surface area (Å²) < 4.78 is 0. The lowest BCUT2D eigenvalue weighted by Gasteiger charge is -2.43. The van der Waals surface area contributed by atoms with Gasteiger partial charge < -0.3 is 10.8 Å². The molecule has 0 aromatic heterocycles. The van der Waals surface area contributed by atoms with E-state index in [1.807, 2.05) is 0 Å². The number of carbonyl (C=O) groups is 1. The van der Waals surface area contributed by atoms with Gasteiger partial charge in [0.05, 0.1) is 0 Å². The third kappa shape index (κ3) is 1.96. The Morgan fingerprint density at radius 2 is 2.12 bits per heavy atom. The summed E-state index contributed by atoms with van der Waals surface area (Å²) in [5.41, 5.74) is 4.86. The van der Waals surface area contributed by atoms with Gasteiger partial charge in [-0.25, -0.2) is 0 Å². The van der Waals surface area contributed by atoms with Crippen molar-refractivity contribution in [1.29, 1.82) is 0 Å². The maximum atomic E-state index is 11.0. The fourth-order valence-corrected chi connectivity index (χ4v) is 2.82. The molecule has 1 aliphatic heterocycles. The molecule has 0 aromatic rings. The highest BCUT2D eigenvalue weighted by molar-refractivity contribution is 5.79. The Morgan fingerprint density at radius 3 is 2.56 bits per heavy atom. The van der Waals surface area contributed by atoms with Crippen molar-refractivity contribution in [3.63, 3.8) is 0 Å². The van der Waals surface area contributed by atoms with Gasteiger partial charge in [0.25, 0.3) is 0 Å². The van der Waals surface area contributed by atoms with E-state index >= 15 is 0 Å². The quantitative estimate of drug-likeness (QED) is 0.750. The predicted molar refractivity (Wildman–Crippen MR) is 62.1 cm³/mol. The Bertz CT molecular complexity index is 287. The van der Waals surface area contributed by atoms with Gasteiger partial charge in [-0.15, -0.1) is 0 Å². The zero-order valence-corrected chi connectivity index (χ0v) is 10.1. The van der Waals surface area contributed by atoms with Gasteiger partial charge in [-0.2, -0.15) is 0 Å². The first-order valence-electron chi connectivity index (χ1n) is 6.19. The van der Waals surface area contributed by atoms with E-state index in [-0.39, 0.29) is 0 Å². The fourth-order valence-electron chi connectivity index (χ4n) is 2.82. The molecule has 3 N–H and O–H groups in total. The van der Waals surface area contributed by atoms with E-state index in [0.29, 0.717) is 19.0 Å². The number of hydrogen-bond donors (Lipinski definition) is 2. The number of rotatable bonds is 3. The summed E-state index contributed by atoms with van der Waals surface area (Å²) in [5, 5.41) is 9.05. The van der Waals surface area contributed by atoms with Crippen molar-refractivity contribution in [3.05, 3.63) is 0 Å². The minimum atomic E-state index is -0.997. The van der Waals surface area contributed by atoms with E-state index in [1.165, 1.54) is 12.8 Å². The maximum absolute atomic E-state index is 11.0. The number of carboxylic acids is 1. The number of nitrogens with zero attached hydrogens (tertiary/aromatic N) is 1. The molecule has 1 aliphatic carbocycles. The lowest BCUT2D eigenvalue weighted by molar-refractivity contribution is -0.143. The third-order valence-electron chi connectivity index (χ3n) is 4.37. The first-order chi connectivity index (χ1) is 7.42. The van der Waals surface area contributed by atoms with Crippen LogP contribution in [0.25, 0.3) is 0 Å². The zero-order valence-electron chi connectivity index (χ0n) is 10.1. The molecule has 2 fully saturated rings. The van der Waals surface area contributed by atoms with E-state index < -0.39 is 11.5 Å². The zero-order chi connectivity index (χ0) is 11.9. The molecule has 1 heterocycles. The second-order valence-corrected chi connectivity index (χ2v) is 5.81. The SMILES string of the molecule is CC(C)C1CC(N2CCC(N)(C(=O)O)C2)C1. The molecule has 4 heteroatoms. The van der Waals surface area contributed by atoms with E-state index in [0.717, 1.165) is 18.4 Å². The van der Waals surface area contributed by atoms with Crippen LogP contribution in [0.3, 0.4) is 0 Å². The fraction of sp³-hybridized carbons (Fsp3) is 0.917. The number of aliphatic carboxylic acids is 1. The Hall–Kier alpha value is -0.610. The van der Waals surface area contributed by atoms with Crippen molar-refractivity contribution >= 4 is 5.97 Å². The number of likely N-dealkylation sites (tertiary alicyclic amines) is 1. The van der Waals surface area contributed by atoms with Crippen LogP contribution < -0.4 is 5.73 Å². The van der Waals surface area contributed by atoms with E-state index in [1.54, 1.807) is 0 Å². The van der Waals surface area contributed by atoms with E-state index in [2.05, 4.69) is 18.7 Å². The van der Waals surface area contributed by atoms with Crippen LogP contribution in [-0.4, -0.2) is 40.6 Å². The topological polar surface area (TPSA) is 66.6 Å². The molecule has 0 radical (unpaired) electrons. The molecule has 92 valence electrons. The molecule has 0 bridgehead atoms. The summed E-state index contributed by atoms with van der Waals surface area (Å²) in [4.78, 5) is 13.3. The minimum Gasteiger partial charge on any atom is -0.480 e.